The van der Waals surface area contributed by atoms with Gasteiger partial charge in [0.1, 0.15) is 0 Å². The molecule has 42 valence electrons. The molecular formula is C4H8OS2. The van der Waals surface area contributed by atoms with Crippen molar-refractivity contribution in [3.8, 4) is 0 Å². The second-order valence-corrected chi connectivity index (χ2v) is 4.10. The highest BCUT2D eigenvalue weighted by molar-refractivity contribution is 7.88. The maximum atomic E-state index is 10.5. The molecule has 3 heteroatoms. The molecule has 1 rings (SSSR count). The summed E-state index contributed by atoms with van der Waals surface area (Å²) in [6, 6.07) is 0. The molecule has 0 N–H and O–H groups in total. The minimum atomic E-state index is -0.529. The molecule has 1 aliphatic rings. The predicted octanol–water partition coefficient (Wildman–Crippen LogP) is 0.437. The molecule has 0 radical (unpaired) electrons. The molecule has 0 spiro atoms. The van der Waals surface area contributed by atoms with Crippen molar-refractivity contribution < 1.29 is 4.21 Å². The lowest BCUT2D eigenvalue weighted by molar-refractivity contribution is 0.687. The summed E-state index contributed by atoms with van der Waals surface area (Å²) < 4.78 is 10.5. The van der Waals surface area contributed by atoms with Gasteiger partial charge < -0.3 is 0 Å². The molecular weight excluding hydrogens is 128 g/mol. The van der Waals surface area contributed by atoms with Crippen molar-refractivity contribution in [2.24, 2.45) is 0 Å². The van der Waals surface area contributed by atoms with E-state index in [4.69, 9.17) is 0 Å². The first-order valence-electron chi connectivity index (χ1n) is 2.32. The van der Waals surface area contributed by atoms with Gasteiger partial charge in [-0.15, -0.1) is 0 Å². The Morgan fingerprint density at radius 2 is 2.43 bits per heavy atom. The van der Waals surface area contributed by atoms with Crippen molar-refractivity contribution in [2.75, 3.05) is 11.5 Å². The topological polar surface area (TPSA) is 17.1 Å². The van der Waals surface area contributed by atoms with Crippen LogP contribution in [0.1, 0.15) is 6.42 Å². The molecule has 0 aliphatic carbocycles. The summed E-state index contributed by atoms with van der Waals surface area (Å²) in [5.41, 5.74) is 0. The molecule has 2 atom stereocenters. The molecule has 1 nitrogen and oxygen atoms in total. The Morgan fingerprint density at radius 3 is 2.57 bits per heavy atom. The van der Waals surface area contributed by atoms with Gasteiger partial charge in [0.2, 0.25) is 0 Å². The standard InChI is InChI=1S/C4H8OS2/c5-7-2-1-4(6)3-7/h4,6H,1-3H2/t4?,7-/m1/s1. The van der Waals surface area contributed by atoms with Crippen LogP contribution in [0.3, 0.4) is 0 Å². The lowest BCUT2D eigenvalue weighted by Crippen LogP contribution is -1.95. The quantitative estimate of drug-likeness (QED) is 0.478. The minimum Gasteiger partial charge on any atom is -0.260 e. The summed E-state index contributed by atoms with van der Waals surface area (Å²) in [6.07, 6.45) is 1.04. The molecule has 1 aliphatic heterocycles. The molecule has 0 aromatic carbocycles. The Kier molecular flexibility index (Phi) is 1.75. The average molecular weight is 136 g/mol. The molecule has 1 unspecified atom stereocenters. The van der Waals surface area contributed by atoms with Crippen LogP contribution in [0.4, 0.5) is 0 Å². The van der Waals surface area contributed by atoms with E-state index in [9.17, 15) is 4.21 Å². The fourth-order valence-corrected chi connectivity index (χ4v) is 2.76. The highest BCUT2D eigenvalue weighted by atomic mass is 32.2. The first-order valence-corrected chi connectivity index (χ1v) is 4.32. The van der Waals surface area contributed by atoms with Gasteiger partial charge in [-0.05, 0) is 6.42 Å². The largest absolute Gasteiger partial charge is 0.260 e. The minimum absolute atomic E-state index is 0.417. The third kappa shape index (κ3) is 1.46. The highest BCUT2D eigenvalue weighted by Gasteiger charge is 2.16. The number of hydrogen-bond acceptors (Lipinski definition) is 2. The van der Waals surface area contributed by atoms with Gasteiger partial charge in [0.25, 0.3) is 0 Å². The van der Waals surface area contributed by atoms with Crippen LogP contribution in [0, 0.1) is 0 Å². The van der Waals surface area contributed by atoms with E-state index in [0.29, 0.717) is 5.25 Å². The van der Waals surface area contributed by atoms with Crippen molar-refractivity contribution in [3.63, 3.8) is 0 Å². The summed E-state index contributed by atoms with van der Waals surface area (Å²) in [6.45, 7) is 0. The van der Waals surface area contributed by atoms with Gasteiger partial charge in [-0.25, -0.2) is 0 Å². The zero-order valence-electron chi connectivity index (χ0n) is 3.96. The van der Waals surface area contributed by atoms with E-state index >= 15 is 0 Å². The van der Waals surface area contributed by atoms with Gasteiger partial charge in [-0.3, -0.25) is 4.21 Å². The normalized spacial score (nSPS) is 41.9. The van der Waals surface area contributed by atoms with Gasteiger partial charge >= 0.3 is 0 Å². The summed E-state index contributed by atoms with van der Waals surface area (Å²) in [5, 5.41) is 0.417. The third-order valence-electron chi connectivity index (χ3n) is 1.06. The van der Waals surface area contributed by atoms with Crippen molar-refractivity contribution in [1.82, 2.24) is 0 Å². The maximum absolute atomic E-state index is 10.5. The Balaban J connectivity index is 2.40. The van der Waals surface area contributed by atoms with Gasteiger partial charge in [-0.2, -0.15) is 12.6 Å². The van der Waals surface area contributed by atoms with Crippen LogP contribution in [0.2, 0.25) is 0 Å². The zero-order valence-corrected chi connectivity index (χ0v) is 5.67. The molecule has 0 aromatic heterocycles. The second kappa shape index (κ2) is 2.18. The van der Waals surface area contributed by atoms with Crippen LogP contribution in [0.15, 0.2) is 0 Å². The van der Waals surface area contributed by atoms with E-state index < -0.39 is 10.8 Å². The summed E-state index contributed by atoms with van der Waals surface area (Å²) in [4.78, 5) is 0. The maximum Gasteiger partial charge on any atom is 0.0351 e. The van der Waals surface area contributed by atoms with Crippen molar-refractivity contribution in [2.45, 2.75) is 11.7 Å². The van der Waals surface area contributed by atoms with E-state index in [1.54, 1.807) is 0 Å². The molecule has 1 saturated heterocycles. The van der Waals surface area contributed by atoms with Crippen LogP contribution in [-0.4, -0.2) is 21.0 Å². The average Bonchev–Trinajstić information content (AvgIpc) is 1.87. The number of thiol groups is 1. The van der Waals surface area contributed by atoms with Crippen molar-refractivity contribution in [3.05, 3.63) is 0 Å². The predicted molar refractivity (Wildman–Crippen MR) is 35.3 cm³/mol. The fourth-order valence-electron chi connectivity index (χ4n) is 0.649. The first-order chi connectivity index (χ1) is 3.29. The Labute approximate surface area is 51.4 Å². The van der Waals surface area contributed by atoms with Gasteiger partial charge in [0.05, 0.1) is 0 Å². The zero-order chi connectivity index (χ0) is 5.28. The van der Waals surface area contributed by atoms with E-state index in [1.807, 2.05) is 0 Å². The third-order valence-corrected chi connectivity index (χ3v) is 3.21. The molecule has 1 heterocycles. The monoisotopic (exact) mass is 136 g/mol. The van der Waals surface area contributed by atoms with E-state index in [-0.39, 0.29) is 0 Å². The van der Waals surface area contributed by atoms with Gasteiger partial charge in [0.15, 0.2) is 0 Å². The number of rotatable bonds is 0. The van der Waals surface area contributed by atoms with Crippen LogP contribution >= 0.6 is 12.6 Å². The van der Waals surface area contributed by atoms with Crippen LogP contribution in [0.5, 0.6) is 0 Å². The Morgan fingerprint density at radius 1 is 1.71 bits per heavy atom. The summed E-state index contributed by atoms with van der Waals surface area (Å²) >= 11 is 4.16. The molecule has 0 bridgehead atoms. The molecule has 7 heavy (non-hydrogen) atoms. The molecule has 0 aromatic rings. The Bertz CT molecular complexity index is 91.7. The molecule has 0 amide bonds. The van der Waals surface area contributed by atoms with E-state index in [0.717, 1.165) is 17.9 Å². The first kappa shape index (κ1) is 5.63. The fraction of sp³-hybridized carbons (Fsp3) is 1.00. The summed E-state index contributed by atoms with van der Waals surface area (Å²) in [5.74, 6) is 1.68. The van der Waals surface area contributed by atoms with E-state index in [1.165, 1.54) is 0 Å². The smallest absolute Gasteiger partial charge is 0.0351 e. The SMILES string of the molecule is O=[S@@]1CCC(S)C1. The Hall–Kier alpha value is 0.500. The van der Waals surface area contributed by atoms with Crippen molar-refractivity contribution >= 4 is 23.4 Å². The van der Waals surface area contributed by atoms with E-state index in [2.05, 4.69) is 12.6 Å². The van der Waals surface area contributed by atoms with Gasteiger partial charge in [0, 0.05) is 27.6 Å². The van der Waals surface area contributed by atoms with Crippen LogP contribution < -0.4 is 0 Å². The van der Waals surface area contributed by atoms with Crippen molar-refractivity contribution in [1.29, 1.82) is 0 Å². The highest BCUT2D eigenvalue weighted by Crippen LogP contribution is 2.11. The molecule has 0 saturated carbocycles. The second-order valence-electron chi connectivity index (χ2n) is 1.75. The summed E-state index contributed by atoms with van der Waals surface area (Å²) in [7, 11) is -0.529. The number of hydrogen-bond donors (Lipinski definition) is 1. The molecule has 1 fully saturated rings. The van der Waals surface area contributed by atoms with Crippen LogP contribution in [0.25, 0.3) is 0 Å². The van der Waals surface area contributed by atoms with Crippen LogP contribution in [-0.2, 0) is 10.8 Å². The van der Waals surface area contributed by atoms with Gasteiger partial charge in [-0.1, -0.05) is 0 Å². The lowest BCUT2D eigenvalue weighted by Gasteiger charge is -1.89. The lowest BCUT2D eigenvalue weighted by atomic mass is 10.4.